The molecule has 1 aliphatic heterocycles. The number of carbonyl (C=O) groups is 3. The molecule has 1 N–H and O–H groups in total. The monoisotopic (exact) mass is 243 g/mol. The fraction of sp³-hybridized carbons (Fsp3) is 0.727. The Labute approximate surface area is 99.6 Å². The Balaban J connectivity index is 2.40. The molecule has 0 radical (unpaired) electrons. The smallest absolute Gasteiger partial charge is 0.414 e. The number of ether oxygens (including phenoxy) is 2. The van der Waals surface area contributed by atoms with Gasteiger partial charge in [-0.25, -0.2) is 4.79 Å². The lowest BCUT2D eigenvalue weighted by atomic mass is 9.89. The van der Waals surface area contributed by atoms with Crippen LogP contribution in [0.25, 0.3) is 0 Å². The number of carbonyl (C=O) groups excluding carboxylic acids is 3. The van der Waals surface area contributed by atoms with Gasteiger partial charge < -0.3 is 9.47 Å². The van der Waals surface area contributed by atoms with E-state index in [9.17, 15) is 14.4 Å². The molecule has 0 aliphatic carbocycles. The van der Waals surface area contributed by atoms with Crippen LogP contribution < -0.4 is 5.32 Å². The van der Waals surface area contributed by atoms with Gasteiger partial charge in [-0.05, 0) is 6.42 Å². The van der Waals surface area contributed by atoms with E-state index in [1.807, 2.05) is 6.92 Å². The highest BCUT2D eigenvalue weighted by atomic mass is 16.6. The Hall–Kier alpha value is -1.59. The zero-order chi connectivity index (χ0) is 13.1. The fourth-order valence-corrected chi connectivity index (χ4v) is 1.17. The lowest BCUT2D eigenvalue weighted by Crippen LogP contribution is -2.41. The van der Waals surface area contributed by atoms with E-state index in [1.54, 1.807) is 13.8 Å². The molecule has 1 heterocycles. The van der Waals surface area contributed by atoms with Crippen molar-refractivity contribution in [2.45, 2.75) is 39.7 Å². The molecule has 1 rings (SSSR count). The van der Waals surface area contributed by atoms with Crippen molar-refractivity contribution in [3.05, 3.63) is 0 Å². The third-order valence-electron chi connectivity index (χ3n) is 2.81. The van der Waals surface area contributed by atoms with Gasteiger partial charge in [0.25, 0.3) is 0 Å². The predicted octanol–water partition coefficient (Wildman–Crippen LogP) is 0.991. The summed E-state index contributed by atoms with van der Waals surface area (Å²) in [4.78, 5) is 33.8. The Morgan fingerprint density at radius 3 is 2.65 bits per heavy atom. The summed E-state index contributed by atoms with van der Waals surface area (Å²) in [5, 5.41) is 2.15. The first kappa shape index (κ1) is 13.5. The molecule has 6 nitrogen and oxygen atoms in total. The summed E-state index contributed by atoms with van der Waals surface area (Å²) in [5.74, 6) is -0.793. The van der Waals surface area contributed by atoms with E-state index in [4.69, 9.17) is 4.74 Å². The molecule has 1 fully saturated rings. The van der Waals surface area contributed by atoms with E-state index in [2.05, 4.69) is 10.1 Å². The van der Waals surface area contributed by atoms with Gasteiger partial charge in [0, 0.05) is 5.41 Å². The predicted molar refractivity (Wildman–Crippen MR) is 58.1 cm³/mol. The second-order valence-electron chi connectivity index (χ2n) is 4.61. The molecule has 0 aromatic heterocycles. The molecule has 1 unspecified atom stereocenters. The van der Waals surface area contributed by atoms with Crippen LogP contribution in [0.2, 0.25) is 0 Å². The average Bonchev–Trinajstić information content (AvgIpc) is 2.63. The van der Waals surface area contributed by atoms with Crippen LogP contribution in [0.5, 0.6) is 0 Å². The first-order chi connectivity index (χ1) is 7.85. The summed E-state index contributed by atoms with van der Waals surface area (Å²) in [5.41, 5.74) is -0.624. The number of amides is 2. The number of imide groups is 1. The number of hydrogen-bond donors (Lipinski definition) is 1. The van der Waals surface area contributed by atoms with Crippen LogP contribution in [0.15, 0.2) is 0 Å². The first-order valence-electron chi connectivity index (χ1n) is 5.53. The number of cyclic esters (lactones) is 1. The van der Waals surface area contributed by atoms with Gasteiger partial charge >= 0.3 is 12.1 Å². The molecule has 1 aliphatic rings. The molecule has 96 valence electrons. The van der Waals surface area contributed by atoms with Crippen LogP contribution in [0.4, 0.5) is 4.79 Å². The van der Waals surface area contributed by atoms with Crippen LogP contribution in [0.1, 0.15) is 33.6 Å². The van der Waals surface area contributed by atoms with Crippen molar-refractivity contribution in [1.29, 1.82) is 0 Å². The van der Waals surface area contributed by atoms with Gasteiger partial charge in [-0.3, -0.25) is 14.9 Å². The summed E-state index contributed by atoms with van der Waals surface area (Å²) in [6.07, 6.45) is -0.782. The van der Waals surface area contributed by atoms with Gasteiger partial charge in [-0.15, -0.1) is 0 Å². The van der Waals surface area contributed by atoms with Crippen molar-refractivity contribution < 1.29 is 23.9 Å². The standard InChI is InChI=1S/C11H17NO5/c1-4-11(2,3)9(14)12-10(15)17-7-5-8(13)16-6-7/h7H,4-6H2,1-3H3,(H,12,14,15). The minimum absolute atomic E-state index is 0.0405. The third-order valence-corrected chi connectivity index (χ3v) is 2.81. The summed E-state index contributed by atoms with van der Waals surface area (Å²) in [6.45, 7) is 5.38. The second kappa shape index (κ2) is 5.16. The van der Waals surface area contributed by atoms with Crippen LogP contribution >= 0.6 is 0 Å². The van der Waals surface area contributed by atoms with Crippen LogP contribution in [0, 0.1) is 5.41 Å². The maximum atomic E-state index is 11.6. The normalized spacial score (nSPS) is 19.7. The number of rotatable bonds is 3. The van der Waals surface area contributed by atoms with Crippen molar-refractivity contribution in [2.24, 2.45) is 5.41 Å². The number of hydrogen-bond acceptors (Lipinski definition) is 5. The molecule has 17 heavy (non-hydrogen) atoms. The van der Waals surface area contributed by atoms with Gasteiger partial charge in [0.2, 0.25) is 5.91 Å². The summed E-state index contributed by atoms with van der Waals surface area (Å²) >= 11 is 0. The Kier molecular flexibility index (Phi) is 4.09. The lowest BCUT2D eigenvalue weighted by Gasteiger charge is -2.20. The highest BCUT2D eigenvalue weighted by Crippen LogP contribution is 2.19. The van der Waals surface area contributed by atoms with Crippen molar-refractivity contribution in [2.75, 3.05) is 6.61 Å². The Morgan fingerprint density at radius 2 is 2.18 bits per heavy atom. The summed E-state index contributed by atoms with van der Waals surface area (Å²) in [6, 6.07) is 0. The number of esters is 1. The van der Waals surface area contributed by atoms with Crippen LogP contribution in [-0.2, 0) is 19.1 Å². The van der Waals surface area contributed by atoms with Crippen molar-refractivity contribution in [3.63, 3.8) is 0 Å². The van der Waals surface area contributed by atoms with Gasteiger partial charge in [0.05, 0.1) is 6.42 Å². The topological polar surface area (TPSA) is 81.7 Å². The molecule has 0 aromatic rings. The molecule has 0 aromatic carbocycles. The molecular formula is C11H17NO5. The number of alkyl carbamates (subject to hydrolysis) is 1. The molecule has 6 heteroatoms. The highest BCUT2D eigenvalue weighted by Gasteiger charge is 2.30. The minimum atomic E-state index is -0.833. The Bertz CT molecular complexity index is 337. The van der Waals surface area contributed by atoms with Gasteiger partial charge in [-0.1, -0.05) is 20.8 Å². The van der Waals surface area contributed by atoms with Crippen molar-refractivity contribution in [1.82, 2.24) is 5.32 Å². The van der Waals surface area contributed by atoms with Crippen molar-refractivity contribution in [3.8, 4) is 0 Å². The fourth-order valence-electron chi connectivity index (χ4n) is 1.17. The quantitative estimate of drug-likeness (QED) is 0.747. The van der Waals surface area contributed by atoms with Gasteiger partial charge in [0.15, 0.2) is 0 Å². The molecule has 0 saturated carbocycles. The second-order valence-corrected chi connectivity index (χ2v) is 4.61. The van der Waals surface area contributed by atoms with Crippen molar-refractivity contribution >= 4 is 18.0 Å². The zero-order valence-corrected chi connectivity index (χ0v) is 10.2. The van der Waals surface area contributed by atoms with E-state index in [1.165, 1.54) is 0 Å². The summed E-state index contributed by atoms with van der Waals surface area (Å²) in [7, 11) is 0. The van der Waals surface area contributed by atoms with E-state index >= 15 is 0 Å². The highest BCUT2D eigenvalue weighted by molar-refractivity contribution is 5.94. The lowest BCUT2D eigenvalue weighted by molar-refractivity contribution is -0.138. The molecule has 1 saturated heterocycles. The van der Waals surface area contributed by atoms with Gasteiger partial charge in [-0.2, -0.15) is 0 Å². The van der Waals surface area contributed by atoms with Gasteiger partial charge in [0.1, 0.15) is 12.7 Å². The van der Waals surface area contributed by atoms with Crippen LogP contribution in [0.3, 0.4) is 0 Å². The largest absolute Gasteiger partial charge is 0.462 e. The van der Waals surface area contributed by atoms with E-state index in [-0.39, 0.29) is 13.0 Å². The Morgan fingerprint density at radius 1 is 1.53 bits per heavy atom. The number of nitrogens with one attached hydrogen (secondary N) is 1. The maximum Gasteiger partial charge on any atom is 0.414 e. The van der Waals surface area contributed by atoms with E-state index < -0.39 is 29.5 Å². The maximum absolute atomic E-state index is 11.6. The van der Waals surface area contributed by atoms with E-state index in [0.29, 0.717) is 6.42 Å². The first-order valence-corrected chi connectivity index (χ1v) is 5.53. The molecule has 1 atom stereocenters. The SMILES string of the molecule is CCC(C)(C)C(=O)NC(=O)OC1COC(=O)C1. The van der Waals surface area contributed by atoms with E-state index in [0.717, 1.165) is 0 Å². The molecular weight excluding hydrogens is 226 g/mol. The zero-order valence-electron chi connectivity index (χ0n) is 10.2. The summed E-state index contributed by atoms with van der Waals surface area (Å²) < 4.78 is 9.51. The molecule has 0 spiro atoms. The minimum Gasteiger partial charge on any atom is -0.462 e. The molecule has 2 amide bonds. The third kappa shape index (κ3) is 3.72. The van der Waals surface area contributed by atoms with Crippen LogP contribution in [-0.4, -0.2) is 30.7 Å². The molecule has 0 bridgehead atoms. The average molecular weight is 243 g/mol.